The number of unbranched alkanes of at least 4 members (excludes halogenated alkanes) is 1. The summed E-state index contributed by atoms with van der Waals surface area (Å²) in [4.78, 5) is 21.6. The van der Waals surface area contributed by atoms with E-state index in [4.69, 9.17) is 15.3 Å². The van der Waals surface area contributed by atoms with E-state index in [1.807, 2.05) is 0 Å². The molecule has 0 unspecified atom stereocenters. The second kappa shape index (κ2) is 10.3. The van der Waals surface area contributed by atoms with Crippen molar-refractivity contribution < 1.29 is 19.1 Å². The minimum absolute atomic E-state index is 0.430. The number of amides is 2. The van der Waals surface area contributed by atoms with Crippen LogP contribution in [0.15, 0.2) is 0 Å². The summed E-state index contributed by atoms with van der Waals surface area (Å²) in [6, 6.07) is 0. The number of hydrogen-bond donors (Lipinski definition) is 3. The first-order chi connectivity index (χ1) is 7.72. The number of hydrogen-bond acceptors (Lipinski definition) is 5. The maximum absolute atomic E-state index is 10.9. The van der Waals surface area contributed by atoms with E-state index in [9.17, 15) is 9.59 Å². The minimum atomic E-state index is -0.837. The SMILES string of the molecule is COCCOCCCCNC(=O)C(=O)NN. The minimum Gasteiger partial charge on any atom is -0.382 e. The van der Waals surface area contributed by atoms with Gasteiger partial charge in [0.1, 0.15) is 0 Å². The van der Waals surface area contributed by atoms with Gasteiger partial charge in [-0.05, 0) is 12.8 Å². The lowest BCUT2D eigenvalue weighted by Crippen LogP contribution is -2.43. The summed E-state index contributed by atoms with van der Waals surface area (Å²) in [6.07, 6.45) is 1.56. The van der Waals surface area contributed by atoms with E-state index >= 15 is 0 Å². The molecule has 0 bridgehead atoms. The number of carbonyl (C=O) groups excluding carboxylic acids is 2. The molecule has 16 heavy (non-hydrogen) atoms. The van der Waals surface area contributed by atoms with Crippen LogP contribution in [-0.2, 0) is 19.1 Å². The molecule has 0 radical (unpaired) electrons. The number of rotatable bonds is 8. The van der Waals surface area contributed by atoms with Crippen molar-refractivity contribution in [1.29, 1.82) is 0 Å². The lowest BCUT2D eigenvalue weighted by molar-refractivity contribution is -0.139. The van der Waals surface area contributed by atoms with E-state index in [1.54, 1.807) is 12.5 Å². The average Bonchev–Trinajstić information content (AvgIpc) is 2.31. The van der Waals surface area contributed by atoms with Crippen molar-refractivity contribution in [3.05, 3.63) is 0 Å². The molecule has 0 atom stereocenters. The van der Waals surface area contributed by atoms with Crippen molar-refractivity contribution in [2.75, 3.05) is 33.5 Å². The summed E-state index contributed by atoms with van der Waals surface area (Å²) in [7, 11) is 1.61. The monoisotopic (exact) mass is 233 g/mol. The fourth-order valence-corrected chi connectivity index (χ4v) is 0.921. The molecule has 0 aromatic rings. The maximum atomic E-state index is 10.9. The molecule has 0 aliphatic carbocycles. The van der Waals surface area contributed by atoms with Gasteiger partial charge in [0.05, 0.1) is 13.2 Å². The molecule has 0 aliphatic rings. The molecule has 7 heteroatoms. The Balaban J connectivity index is 3.21. The standard InChI is InChI=1S/C9H19N3O4/c1-15-6-7-16-5-3-2-4-11-8(13)9(14)12-10/h2-7,10H2,1H3,(H,11,13)(H,12,14). The Kier molecular flexibility index (Phi) is 9.58. The number of nitrogens with two attached hydrogens (primary N) is 1. The van der Waals surface area contributed by atoms with E-state index in [0.717, 1.165) is 12.8 Å². The van der Waals surface area contributed by atoms with Crippen LogP contribution in [0.25, 0.3) is 0 Å². The maximum Gasteiger partial charge on any atom is 0.323 e. The highest BCUT2D eigenvalue weighted by Gasteiger charge is 2.09. The second-order valence-electron chi connectivity index (χ2n) is 3.04. The van der Waals surface area contributed by atoms with Crippen LogP contribution in [0.2, 0.25) is 0 Å². The van der Waals surface area contributed by atoms with Crippen LogP contribution in [0.5, 0.6) is 0 Å². The third kappa shape index (κ3) is 8.16. The van der Waals surface area contributed by atoms with Crippen LogP contribution >= 0.6 is 0 Å². The van der Waals surface area contributed by atoms with Gasteiger partial charge in [0.25, 0.3) is 0 Å². The molecule has 0 saturated carbocycles. The topological polar surface area (TPSA) is 103 Å². The molecule has 0 spiro atoms. The Morgan fingerprint density at radius 3 is 2.50 bits per heavy atom. The van der Waals surface area contributed by atoms with Crippen molar-refractivity contribution in [2.45, 2.75) is 12.8 Å². The fourth-order valence-electron chi connectivity index (χ4n) is 0.921. The summed E-state index contributed by atoms with van der Waals surface area (Å²) in [6.45, 7) is 2.19. The van der Waals surface area contributed by atoms with Crippen LogP contribution < -0.4 is 16.6 Å². The van der Waals surface area contributed by atoms with Gasteiger partial charge >= 0.3 is 11.8 Å². The fraction of sp³-hybridized carbons (Fsp3) is 0.778. The average molecular weight is 233 g/mol. The normalized spacial score (nSPS) is 9.88. The van der Waals surface area contributed by atoms with Crippen molar-refractivity contribution in [3.63, 3.8) is 0 Å². The summed E-state index contributed by atoms with van der Waals surface area (Å²) in [5.74, 6) is 3.22. The van der Waals surface area contributed by atoms with Crippen molar-refractivity contribution in [3.8, 4) is 0 Å². The molecule has 0 heterocycles. The summed E-state index contributed by atoms with van der Waals surface area (Å²) in [5.41, 5.74) is 1.75. The molecule has 2 amide bonds. The van der Waals surface area contributed by atoms with Crippen LogP contribution in [0, 0.1) is 0 Å². The van der Waals surface area contributed by atoms with Crippen LogP contribution in [0.3, 0.4) is 0 Å². The van der Waals surface area contributed by atoms with E-state index in [1.165, 1.54) is 0 Å². The Hall–Kier alpha value is -1.18. The first-order valence-electron chi connectivity index (χ1n) is 5.07. The van der Waals surface area contributed by atoms with Crippen molar-refractivity contribution in [2.24, 2.45) is 5.84 Å². The summed E-state index contributed by atoms with van der Waals surface area (Å²) < 4.78 is 10.0. The van der Waals surface area contributed by atoms with Gasteiger partial charge in [-0.2, -0.15) is 0 Å². The van der Waals surface area contributed by atoms with Gasteiger partial charge in [0.2, 0.25) is 0 Å². The highest BCUT2D eigenvalue weighted by molar-refractivity contribution is 6.34. The molecular weight excluding hydrogens is 214 g/mol. The van der Waals surface area contributed by atoms with E-state index in [2.05, 4.69) is 5.32 Å². The zero-order chi connectivity index (χ0) is 12.2. The molecular formula is C9H19N3O4. The number of ether oxygens (including phenoxy) is 2. The molecule has 7 nitrogen and oxygen atoms in total. The van der Waals surface area contributed by atoms with Gasteiger partial charge < -0.3 is 14.8 Å². The Bertz CT molecular complexity index is 211. The smallest absolute Gasteiger partial charge is 0.323 e. The molecule has 94 valence electrons. The van der Waals surface area contributed by atoms with Gasteiger partial charge in [-0.1, -0.05) is 0 Å². The lowest BCUT2D eigenvalue weighted by atomic mass is 10.3. The molecule has 0 rings (SSSR count). The predicted molar refractivity (Wildman–Crippen MR) is 57.3 cm³/mol. The number of hydrazine groups is 1. The van der Waals surface area contributed by atoms with Gasteiger partial charge in [-0.15, -0.1) is 0 Å². The highest BCUT2D eigenvalue weighted by Crippen LogP contribution is 1.88. The highest BCUT2D eigenvalue weighted by atomic mass is 16.5. The van der Waals surface area contributed by atoms with Crippen LogP contribution in [-0.4, -0.2) is 45.3 Å². The zero-order valence-electron chi connectivity index (χ0n) is 9.45. The van der Waals surface area contributed by atoms with E-state index < -0.39 is 11.8 Å². The largest absolute Gasteiger partial charge is 0.382 e. The first kappa shape index (κ1) is 14.8. The van der Waals surface area contributed by atoms with Gasteiger partial charge in [0, 0.05) is 20.3 Å². The number of methoxy groups -OCH3 is 1. The quantitative estimate of drug-likeness (QED) is 0.156. The van der Waals surface area contributed by atoms with Gasteiger partial charge in [0.15, 0.2) is 0 Å². The Labute approximate surface area is 94.6 Å². The first-order valence-corrected chi connectivity index (χ1v) is 5.07. The predicted octanol–water partition coefficient (Wildman–Crippen LogP) is -1.46. The Morgan fingerprint density at radius 2 is 1.88 bits per heavy atom. The molecule has 0 aromatic carbocycles. The van der Waals surface area contributed by atoms with Crippen molar-refractivity contribution in [1.82, 2.24) is 10.7 Å². The van der Waals surface area contributed by atoms with E-state index in [-0.39, 0.29) is 0 Å². The number of carbonyl (C=O) groups is 2. The van der Waals surface area contributed by atoms with Crippen LogP contribution in [0.1, 0.15) is 12.8 Å². The Morgan fingerprint density at radius 1 is 1.12 bits per heavy atom. The summed E-state index contributed by atoms with van der Waals surface area (Å²) in [5, 5.41) is 2.42. The molecule has 0 fully saturated rings. The van der Waals surface area contributed by atoms with Crippen LogP contribution in [0.4, 0.5) is 0 Å². The van der Waals surface area contributed by atoms with Crippen molar-refractivity contribution >= 4 is 11.8 Å². The summed E-state index contributed by atoms with van der Waals surface area (Å²) >= 11 is 0. The lowest BCUT2D eigenvalue weighted by Gasteiger charge is -2.04. The third-order valence-electron chi connectivity index (χ3n) is 1.77. The molecule has 4 N–H and O–H groups in total. The zero-order valence-corrected chi connectivity index (χ0v) is 9.45. The number of nitrogens with one attached hydrogen (secondary N) is 2. The van der Waals surface area contributed by atoms with E-state index in [0.29, 0.717) is 26.4 Å². The van der Waals surface area contributed by atoms with Gasteiger partial charge in [-0.3, -0.25) is 15.0 Å². The third-order valence-corrected chi connectivity index (χ3v) is 1.77. The second-order valence-corrected chi connectivity index (χ2v) is 3.04. The molecule has 0 saturated heterocycles. The van der Waals surface area contributed by atoms with Gasteiger partial charge in [-0.25, -0.2) is 5.84 Å². The molecule has 0 aliphatic heterocycles. The molecule has 0 aromatic heterocycles.